The second-order valence-electron chi connectivity index (χ2n) is 4.75. The van der Waals surface area contributed by atoms with Crippen LogP contribution >= 0.6 is 0 Å². The van der Waals surface area contributed by atoms with E-state index < -0.39 is 0 Å². The minimum Gasteiger partial charge on any atom is -0.399 e. The maximum Gasteiger partial charge on any atom is 0.254 e. The molecule has 2 N–H and O–H groups in total. The summed E-state index contributed by atoms with van der Waals surface area (Å²) in [5.41, 5.74) is 8.99. The largest absolute Gasteiger partial charge is 0.399 e. The zero-order valence-electron chi connectivity index (χ0n) is 11.8. The number of carbonyl (C=O) groups is 1. The molecule has 2 rings (SSSR count). The van der Waals surface area contributed by atoms with Crippen molar-refractivity contribution in [1.82, 2.24) is 9.88 Å². The lowest BCUT2D eigenvalue weighted by Crippen LogP contribution is -2.30. The number of nitrogens with two attached hydrogens (primary N) is 1. The molecule has 0 radical (unpaired) electrons. The first-order valence-electron chi connectivity index (χ1n) is 6.66. The molecule has 1 aromatic carbocycles. The first-order valence-corrected chi connectivity index (χ1v) is 6.66. The first-order chi connectivity index (χ1) is 9.60. The molecule has 0 saturated heterocycles. The minimum atomic E-state index is 0.0230. The highest BCUT2D eigenvalue weighted by atomic mass is 16.2. The molecule has 4 nitrogen and oxygen atoms in total. The van der Waals surface area contributed by atoms with Crippen LogP contribution in [0, 0.1) is 6.92 Å². The Kier molecular flexibility index (Phi) is 4.35. The van der Waals surface area contributed by atoms with Gasteiger partial charge >= 0.3 is 0 Å². The molecule has 4 heteroatoms. The molecule has 0 atom stereocenters. The number of pyridine rings is 1. The van der Waals surface area contributed by atoms with Crippen LogP contribution in [0.15, 0.2) is 42.6 Å². The van der Waals surface area contributed by atoms with Gasteiger partial charge in [0, 0.05) is 36.2 Å². The van der Waals surface area contributed by atoms with Gasteiger partial charge < -0.3 is 10.6 Å². The number of carbonyl (C=O) groups excluding carboxylic acids is 1. The molecule has 0 aliphatic rings. The van der Waals surface area contributed by atoms with E-state index >= 15 is 0 Å². The highest BCUT2D eigenvalue weighted by Crippen LogP contribution is 2.12. The second kappa shape index (κ2) is 6.19. The van der Waals surface area contributed by atoms with Crippen molar-refractivity contribution in [3.8, 4) is 0 Å². The van der Waals surface area contributed by atoms with Gasteiger partial charge in [0.25, 0.3) is 5.91 Å². The fourth-order valence-electron chi connectivity index (χ4n) is 2.03. The van der Waals surface area contributed by atoms with Gasteiger partial charge in [-0.25, -0.2) is 0 Å². The zero-order valence-corrected chi connectivity index (χ0v) is 11.8. The van der Waals surface area contributed by atoms with Crippen LogP contribution in [0.25, 0.3) is 0 Å². The van der Waals surface area contributed by atoms with Crippen LogP contribution in [0.2, 0.25) is 0 Å². The van der Waals surface area contributed by atoms with Gasteiger partial charge in [0.15, 0.2) is 0 Å². The Morgan fingerprint density at radius 2 is 1.95 bits per heavy atom. The van der Waals surface area contributed by atoms with Crippen molar-refractivity contribution in [2.45, 2.75) is 20.4 Å². The summed E-state index contributed by atoms with van der Waals surface area (Å²) in [6.45, 7) is 5.10. The normalized spacial score (nSPS) is 10.3. The third-order valence-electron chi connectivity index (χ3n) is 3.17. The smallest absolute Gasteiger partial charge is 0.254 e. The molecule has 0 aliphatic carbocycles. The molecule has 1 aromatic heterocycles. The van der Waals surface area contributed by atoms with Crippen molar-refractivity contribution < 1.29 is 4.79 Å². The van der Waals surface area contributed by atoms with Crippen molar-refractivity contribution in [3.05, 3.63) is 59.4 Å². The Bertz CT molecular complexity index is 593. The summed E-state index contributed by atoms with van der Waals surface area (Å²) < 4.78 is 0. The summed E-state index contributed by atoms with van der Waals surface area (Å²) in [7, 11) is 0. The number of aromatic nitrogens is 1. The predicted molar refractivity (Wildman–Crippen MR) is 80.2 cm³/mol. The number of nitrogen functional groups attached to an aromatic ring is 1. The monoisotopic (exact) mass is 269 g/mol. The fourth-order valence-corrected chi connectivity index (χ4v) is 2.03. The van der Waals surface area contributed by atoms with Gasteiger partial charge in [-0.2, -0.15) is 0 Å². The summed E-state index contributed by atoms with van der Waals surface area (Å²) in [6.07, 6.45) is 1.67. The average Bonchev–Trinajstić information content (AvgIpc) is 2.46. The number of benzene rings is 1. The Hall–Kier alpha value is -2.36. The average molecular weight is 269 g/mol. The molecule has 1 heterocycles. The molecule has 0 fully saturated rings. The Morgan fingerprint density at radius 3 is 2.55 bits per heavy atom. The summed E-state index contributed by atoms with van der Waals surface area (Å²) in [5, 5.41) is 0. The van der Waals surface area contributed by atoms with E-state index in [2.05, 4.69) is 4.98 Å². The van der Waals surface area contributed by atoms with Crippen molar-refractivity contribution in [2.24, 2.45) is 0 Å². The molecule has 0 aliphatic heterocycles. The highest BCUT2D eigenvalue weighted by Gasteiger charge is 2.14. The van der Waals surface area contributed by atoms with Crippen LogP contribution in [0.5, 0.6) is 0 Å². The van der Waals surface area contributed by atoms with E-state index in [-0.39, 0.29) is 5.91 Å². The second-order valence-corrected chi connectivity index (χ2v) is 4.75. The van der Waals surface area contributed by atoms with Crippen LogP contribution in [0.3, 0.4) is 0 Å². The molecule has 104 valence electrons. The van der Waals surface area contributed by atoms with Gasteiger partial charge in [-0.3, -0.25) is 9.78 Å². The minimum absolute atomic E-state index is 0.0230. The molecule has 0 bridgehead atoms. The van der Waals surface area contributed by atoms with Gasteiger partial charge in [0.1, 0.15) is 0 Å². The van der Waals surface area contributed by atoms with Crippen molar-refractivity contribution in [2.75, 3.05) is 12.3 Å². The van der Waals surface area contributed by atoms with Crippen LogP contribution in [-0.4, -0.2) is 22.3 Å². The van der Waals surface area contributed by atoms with E-state index in [1.165, 1.54) is 0 Å². The zero-order chi connectivity index (χ0) is 14.5. The van der Waals surface area contributed by atoms with E-state index in [4.69, 9.17) is 5.73 Å². The van der Waals surface area contributed by atoms with E-state index in [0.717, 1.165) is 16.9 Å². The van der Waals surface area contributed by atoms with Crippen LogP contribution in [-0.2, 0) is 6.54 Å². The van der Waals surface area contributed by atoms with E-state index in [0.29, 0.717) is 18.7 Å². The van der Waals surface area contributed by atoms with Crippen LogP contribution < -0.4 is 5.73 Å². The van der Waals surface area contributed by atoms with Crippen molar-refractivity contribution >= 4 is 11.6 Å². The summed E-state index contributed by atoms with van der Waals surface area (Å²) in [4.78, 5) is 18.4. The highest BCUT2D eigenvalue weighted by molar-refractivity contribution is 5.94. The Labute approximate surface area is 119 Å². The van der Waals surface area contributed by atoms with E-state index in [1.54, 1.807) is 17.2 Å². The van der Waals surface area contributed by atoms with Gasteiger partial charge in [-0.15, -0.1) is 0 Å². The molecule has 20 heavy (non-hydrogen) atoms. The SMILES string of the molecule is CCN(Cc1ccc(N)cc1)C(=O)c1ccnc(C)c1. The van der Waals surface area contributed by atoms with Gasteiger partial charge in [-0.1, -0.05) is 12.1 Å². The molecular formula is C16H19N3O. The van der Waals surface area contributed by atoms with Crippen LogP contribution in [0.4, 0.5) is 5.69 Å². The molecule has 0 unspecified atom stereocenters. The first kappa shape index (κ1) is 14.1. The summed E-state index contributed by atoms with van der Waals surface area (Å²) >= 11 is 0. The molecular weight excluding hydrogens is 250 g/mol. The number of hydrogen-bond acceptors (Lipinski definition) is 3. The van der Waals surface area contributed by atoms with Crippen molar-refractivity contribution in [3.63, 3.8) is 0 Å². The number of aryl methyl sites for hydroxylation is 1. The summed E-state index contributed by atoms with van der Waals surface area (Å²) in [5.74, 6) is 0.0230. The van der Waals surface area contributed by atoms with E-state index in [1.807, 2.05) is 44.2 Å². The van der Waals surface area contributed by atoms with Gasteiger partial charge in [-0.05, 0) is 43.7 Å². The number of amides is 1. The third-order valence-corrected chi connectivity index (χ3v) is 3.17. The number of hydrogen-bond donors (Lipinski definition) is 1. The van der Waals surface area contributed by atoms with Gasteiger partial charge in [0.05, 0.1) is 0 Å². The van der Waals surface area contributed by atoms with Crippen LogP contribution in [0.1, 0.15) is 28.5 Å². The van der Waals surface area contributed by atoms with Crippen molar-refractivity contribution in [1.29, 1.82) is 0 Å². The number of rotatable bonds is 4. The lowest BCUT2D eigenvalue weighted by atomic mass is 10.1. The fraction of sp³-hybridized carbons (Fsp3) is 0.250. The third kappa shape index (κ3) is 3.35. The maximum absolute atomic E-state index is 12.5. The number of anilines is 1. The lowest BCUT2D eigenvalue weighted by Gasteiger charge is -2.21. The standard InChI is InChI=1S/C16H19N3O/c1-3-19(11-13-4-6-15(17)7-5-13)16(20)14-8-9-18-12(2)10-14/h4-10H,3,11,17H2,1-2H3. The lowest BCUT2D eigenvalue weighted by molar-refractivity contribution is 0.0752. The summed E-state index contributed by atoms with van der Waals surface area (Å²) in [6, 6.07) is 11.2. The quantitative estimate of drug-likeness (QED) is 0.868. The molecule has 0 saturated carbocycles. The maximum atomic E-state index is 12.5. The predicted octanol–water partition coefficient (Wildman–Crippen LogP) is 2.63. The topological polar surface area (TPSA) is 59.2 Å². The number of nitrogens with zero attached hydrogens (tertiary/aromatic N) is 2. The molecule has 1 amide bonds. The Morgan fingerprint density at radius 1 is 1.25 bits per heavy atom. The van der Waals surface area contributed by atoms with Gasteiger partial charge in [0.2, 0.25) is 0 Å². The molecule has 2 aromatic rings. The Balaban J connectivity index is 2.15. The van der Waals surface area contributed by atoms with E-state index in [9.17, 15) is 4.79 Å². The molecule has 0 spiro atoms.